The summed E-state index contributed by atoms with van der Waals surface area (Å²) in [5.74, 6) is -0.0743. The Morgan fingerprint density at radius 2 is 1.93 bits per heavy atom. The molecule has 1 N–H and O–H groups in total. The van der Waals surface area contributed by atoms with Crippen LogP contribution >= 0.6 is 12.4 Å². The number of hydrogen-bond donors (Lipinski definition) is 1. The summed E-state index contributed by atoms with van der Waals surface area (Å²) in [7, 11) is 0. The lowest BCUT2D eigenvalue weighted by molar-refractivity contribution is -0.134. The van der Waals surface area contributed by atoms with E-state index < -0.39 is 0 Å². The molecule has 2 aliphatic rings. The van der Waals surface area contributed by atoms with Crippen LogP contribution in [0, 0.1) is 5.82 Å². The molecule has 0 spiro atoms. The van der Waals surface area contributed by atoms with E-state index in [1.165, 1.54) is 17.2 Å². The van der Waals surface area contributed by atoms with Gasteiger partial charge in [-0.1, -0.05) is 36.4 Å². The van der Waals surface area contributed by atoms with Gasteiger partial charge in [-0.05, 0) is 35.2 Å². The summed E-state index contributed by atoms with van der Waals surface area (Å²) in [6.45, 7) is 4.21. The Kier molecular flexibility index (Phi) is 6.47. The Morgan fingerprint density at radius 3 is 2.74 bits per heavy atom. The van der Waals surface area contributed by atoms with Crippen molar-refractivity contribution in [2.45, 2.75) is 19.0 Å². The summed E-state index contributed by atoms with van der Waals surface area (Å²) in [6, 6.07) is 15.1. The molecule has 0 aliphatic carbocycles. The van der Waals surface area contributed by atoms with Crippen LogP contribution in [0.4, 0.5) is 4.39 Å². The Balaban J connectivity index is 0.00000210. The largest absolute Gasteiger partial charge is 0.337 e. The molecule has 1 fully saturated rings. The molecule has 0 aromatic heterocycles. The average molecular weight is 390 g/mol. The third-order valence-corrected chi connectivity index (χ3v) is 5.41. The standard InChI is InChI=1S/C21H24FN3O.ClH/c22-19-7-3-6-17(12-19)20-13-23-9-11-24(20)15-21(26)25-10-8-16-4-1-2-5-18(16)14-25;/h1-7,12,20,23H,8-11,13-15H2;1H. The number of carbonyl (C=O) groups is 1. The number of piperazine rings is 1. The van der Waals surface area contributed by atoms with Gasteiger partial charge < -0.3 is 10.2 Å². The van der Waals surface area contributed by atoms with Gasteiger partial charge >= 0.3 is 0 Å². The number of benzene rings is 2. The summed E-state index contributed by atoms with van der Waals surface area (Å²) in [6.07, 6.45) is 0.913. The van der Waals surface area contributed by atoms with E-state index in [0.29, 0.717) is 13.1 Å². The number of fused-ring (bicyclic) bond motifs is 1. The monoisotopic (exact) mass is 389 g/mol. The van der Waals surface area contributed by atoms with Crippen LogP contribution in [0.1, 0.15) is 22.7 Å². The fraction of sp³-hybridized carbons (Fsp3) is 0.381. The molecular weight excluding hydrogens is 365 g/mol. The second-order valence-corrected chi connectivity index (χ2v) is 7.08. The Hall–Kier alpha value is -1.95. The first kappa shape index (κ1) is 19.8. The lowest BCUT2D eigenvalue weighted by Crippen LogP contribution is -2.50. The van der Waals surface area contributed by atoms with Crippen molar-refractivity contribution in [1.82, 2.24) is 15.1 Å². The van der Waals surface area contributed by atoms with E-state index in [2.05, 4.69) is 28.4 Å². The molecule has 0 radical (unpaired) electrons. The normalized spacial score (nSPS) is 19.9. The first-order valence-electron chi connectivity index (χ1n) is 9.25. The molecule has 0 bridgehead atoms. The molecule has 2 heterocycles. The Bertz CT molecular complexity index is 801. The van der Waals surface area contributed by atoms with Crippen molar-refractivity contribution < 1.29 is 9.18 Å². The number of nitrogens with one attached hydrogen (secondary N) is 1. The number of rotatable bonds is 3. The number of halogens is 2. The summed E-state index contributed by atoms with van der Waals surface area (Å²) >= 11 is 0. The van der Waals surface area contributed by atoms with Crippen molar-refractivity contribution in [3.8, 4) is 0 Å². The van der Waals surface area contributed by atoms with E-state index in [-0.39, 0.29) is 30.2 Å². The molecule has 1 saturated heterocycles. The molecule has 27 heavy (non-hydrogen) atoms. The molecule has 4 rings (SSSR count). The number of nitrogens with zero attached hydrogens (tertiary/aromatic N) is 2. The van der Waals surface area contributed by atoms with Gasteiger partial charge in [0.15, 0.2) is 0 Å². The molecule has 2 aromatic rings. The highest BCUT2D eigenvalue weighted by Crippen LogP contribution is 2.24. The quantitative estimate of drug-likeness (QED) is 0.876. The van der Waals surface area contributed by atoms with E-state index in [4.69, 9.17) is 0 Å². The van der Waals surface area contributed by atoms with Crippen LogP contribution in [0.25, 0.3) is 0 Å². The van der Waals surface area contributed by atoms with E-state index >= 15 is 0 Å². The van der Waals surface area contributed by atoms with Gasteiger partial charge in [-0.3, -0.25) is 9.69 Å². The lowest BCUT2D eigenvalue weighted by atomic mass is 9.99. The maximum Gasteiger partial charge on any atom is 0.237 e. The lowest BCUT2D eigenvalue weighted by Gasteiger charge is -2.38. The highest BCUT2D eigenvalue weighted by atomic mass is 35.5. The van der Waals surface area contributed by atoms with Gasteiger partial charge in [-0.2, -0.15) is 0 Å². The number of hydrogen-bond acceptors (Lipinski definition) is 3. The number of carbonyl (C=O) groups excluding carboxylic acids is 1. The Morgan fingerprint density at radius 1 is 1.11 bits per heavy atom. The van der Waals surface area contributed by atoms with Gasteiger partial charge in [0.2, 0.25) is 5.91 Å². The molecular formula is C21H25ClFN3O. The number of amides is 1. The molecule has 2 aliphatic heterocycles. The summed E-state index contributed by atoms with van der Waals surface area (Å²) in [4.78, 5) is 17.0. The second-order valence-electron chi connectivity index (χ2n) is 7.08. The fourth-order valence-corrected chi connectivity index (χ4v) is 3.96. The minimum absolute atomic E-state index is 0. The predicted molar refractivity (Wildman–Crippen MR) is 106 cm³/mol. The van der Waals surface area contributed by atoms with Crippen LogP contribution in [0.5, 0.6) is 0 Å². The van der Waals surface area contributed by atoms with Gasteiger partial charge in [0.25, 0.3) is 0 Å². The zero-order valence-corrected chi connectivity index (χ0v) is 16.1. The van der Waals surface area contributed by atoms with Crippen LogP contribution in [-0.2, 0) is 17.8 Å². The summed E-state index contributed by atoms with van der Waals surface area (Å²) in [5, 5.41) is 3.36. The van der Waals surface area contributed by atoms with Crippen molar-refractivity contribution in [2.24, 2.45) is 0 Å². The van der Waals surface area contributed by atoms with Crippen molar-refractivity contribution >= 4 is 18.3 Å². The molecule has 4 nitrogen and oxygen atoms in total. The van der Waals surface area contributed by atoms with Gasteiger partial charge in [0, 0.05) is 38.8 Å². The third-order valence-electron chi connectivity index (χ3n) is 5.41. The van der Waals surface area contributed by atoms with Gasteiger partial charge in [-0.25, -0.2) is 4.39 Å². The van der Waals surface area contributed by atoms with Gasteiger partial charge in [0.05, 0.1) is 6.54 Å². The van der Waals surface area contributed by atoms with Crippen LogP contribution < -0.4 is 5.32 Å². The molecule has 0 saturated carbocycles. The highest BCUT2D eigenvalue weighted by molar-refractivity contribution is 5.85. The zero-order valence-electron chi connectivity index (χ0n) is 15.2. The van der Waals surface area contributed by atoms with Crippen LogP contribution in [0.3, 0.4) is 0 Å². The highest BCUT2D eigenvalue weighted by Gasteiger charge is 2.28. The summed E-state index contributed by atoms with van der Waals surface area (Å²) in [5.41, 5.74) is 3.51. The van der Waals surface area contributed by atoms with Crippen LogP contribution in [-0.4, -0.2) is 48.4 Å². The first-order chi connectivity index (χ1) is 12.7. The zero-order chi connectivity index (χ0) is 17.9. The van der Waals surface area contributed by atoms with Gasteiger partial charge in [0.1, 0.15) is 5.82 Å². The average Bonchev–Trinajstić information content (AvgIpc) is 2.68. The smallest absolute Gasteiger partial charge is 0.237 e. The van der Waals surface area contributed by atoms with Crippen molar-refractivity contribution in [2.75, 3.05) is 32.7 Å². The second kappa shape index (κ2) is 8.83. The van der Waals surface area contributed by atoms with E-state index in [1.54, 1.807) is 12.1 Å². The minimum atomic E-state index is -0.230. The SMILES string of the molecule is Cl.O=C(CN1CCNCC1c1cccc(F)c1)N1CCc2ccccc2C1. The van der Waals surface area contributed by atoms with Crippen LogP contribution in [0.15, 0.2) is 48.5 Å². The third kappa shape index (κ3) is 4.49. The molecule has 1 amide bonds. The topological polar surface area (TPSA) is 35.6 Å². The van der Waals surface area contributed by atoms with Crippen LogP contribution in [0.2, 0.25) is 0 Å². The Labute approximate surface area is 165 Å². The van der Waals surface area contributed by atoms with E-state index in [1.807, 2.05) is 17.0 Å². The maximum absolute atomic E-state index is 13.6. The van der Waals surface area contributed by atoms with Crippen molar-refractivity contribution in [3.63, 3.8) is 0 Å². The van der Waals surface area contributed by atoms with Crippen molar-refractivity contribution in [1.29, 1.82) is 0 Å². The molecule has 2 aromatic carbocycles. The summed E-state index contributed by atoms with van der Waals surface area (Å²) < 4.78 is 13.6. The molecule has 1 atom stereocenters. The predicted octanol–water partition coefficient (Wildman–Crippen LogP) is 2.78. The van der Waals surface area contributed by atoms with Gasteiger partial charge in [-0.15, -0.1) is 12.4 Å². The maximum atomic E-state index is 13.6. The molecule has 6 heteroatoms. The minimum Gasteiger partial charge on any atom is -0.337 e. The molecule has 1 unspecified atom stereocenters. The molecule has 144 valence electrons. The fourth-order valence-electron chi connectivity index (χ4n) is 3.96. The van der Waals surface area contributed by atoms with E-state index in [0.717, 1.165) is 38.2 Å². The van der Waals surface area contributed by atoms with E-state index in [9.17, 15) is 9.18 Å². The first-order valence-corrected chi connectivity index (χ1v) is 9.25. The van der Waals surface area contributed by atoms with Crippen molar-refractivity contribution in [3.05, 3.63) is 71.0 Å².